The van der Waals surface area contributed by atoms with Crippen molar-refractivity contribution in [3.05, 3.63) is 65.4 Å². The Morgan fingerprint density at radius 2 is 1.73 bits per heavy atom. The number of aromatic amines is 1. The molecule has 0 unspecified atom stereocenters. The molecular formula is C19H14N2O5. The molecule has 3 aromatic rings. The first-order valence-corrected chi connectivity index (χ1v) is 8.04. The largest absolute Gasteiger partial charge is 0.494 e. The topological polar surface area (TPSA) is 88.7 Å². The number of nitrogens with zero attached hydrogens (tertiary/aromatic N) is 1. The summed E-state index contributed by atoms with van der Waals surface area (Å²) in [6, 6.07) is 13.3. The first-order valence-electron chi connectivity index (χ1n) is 8.04. The van der Waals surface area contributed by atoms with E-state index in [1.54, 1.807) is 36.4 Å². The Bertz CT molecular complexity index is 1020. The maximum atomic E-state index is 12.4. The molecule has 2 aromatic carbocycles. The van der Waals surface area contributed by atoms with Crippen LogP contribution in [0.25, 0.3) is 10.9 Å². The highest BCUT2D eigenvalue weighted by Gasteiger charge is 2.38. The Morgan fingerprint density at radius 3 is 2.38 bits per heavy atom. The summed E-state index contributed by atoms with van der Waals surface area (Å²) < 4.78 is 5.42. The van der Waals surface area contributed by atoms with E-state index < -0.39 is 17.8 Å². The van der Waals surface area contributed by atoms with Crippen molar-refractivity contribution >= 4 is 28.7 Å². The highest BCUT2D eigenvalue weighted by Crippen LogP contribution is 2.25. The first-order chi connectivity index (χ1) is 12.6. The van der Waals surface area contributed by atoms with Crippen molar-refractivity contribution in [1.29, 1.82) is 0 Å². The van der Waals surface area contributed by atoms with Crippen LogP contribution in [0.2, 0.25) is 0 Å². The van der Waals surface area contributed by atoms with E-state index in [2.05, 4.69) is 4.98 Å². The van der Waals surface area contributed by atoms with Crippen LogP contribution in [0.1, 0.15) is 38.1 Å². The Kier molecular flexibility index (Phi) is 3.69. The third kappa shape index (κ3) is 2.50. The second-order valence-electron chi connectivity index (χ2n) is 5.69. The summed E-state index contributed by atoms with van der Waals surface area (Å²) in [6.07, 6.45) is 0. The fourth-order valence-corrected chi connectivity index (χ4v) is 2.85. The van der Waals surface area contributed by atoms with Crippen LogP contribution in [-0.2, 0) is 4.84 Å². The molecule has 0 fully saturated rings. The number of rotatable bonds is 4. The fraction of sp³-hybridized carbons (Fsp3) is 0.105. The van der Waals surface area contributed by atoms with Crippen LogP contribution in [-0.4, -0.2) is 34.4 Å². The van der Waals surface area contributed by atoms with E-state index in [-0.39, 0.29) is 16.8 Å². The maximum Gasteiger partial charge on any atom is 0.380 e. The normalized spacial score (nSPS) is 13.2. The van der Waals surface area contributed by atoms with Crippen molar-refractivity contribution in [1.82, 2.24) is 10.0 Å². The molecule has 26 heavy (non-hydrogen) atoms. The van der Waals surface area contributed by atoms with E-state index in [0.717, 1.165) is 5.39 Å². The van der Waals surface area contributed by atoms with E-state index in [1.165, 1.54) is 12.1 Å². The third-order valence-electron chi connectivity index (χ3n) is 4.06. The van der Waals surface area contributed by atoms with E-state index >= 15 is 0 Å². The van der Waals surface area contributed by atoms with Gasteiger partial charge in [0.25, 0.3) is 11.8 Å². The fourth-order valence-electron chi connectivity index (χ4n) is 2.85. The minimum atomic E-state index is -0.825. The zero-order valence-corrected chi connectivity index (χ0v) is 13.8. The van der Waals surface area contributed by atoms with Crippen LogP contribution in [0.5, 0.6) is 5.75 Å². The minimum Gasteiger partial charge on any atom is -0.494 e. The number of nitrogens with one attached hydrogen (secondary N) is 1. The van der Waals surface area contributed by atoms with E-state index in [0.29, 0.717) is 22.9 Å². The number of benzene rings is 2. The Morgan fingerprint density at radius 1 is 1.04 bits per heavy atom. The molecule has 1 aliphatic rings. The lowest BCUT2D eigenvalue weighted by Gasteiger charge is -2.11. The zero-order chi connectivity index (χ0) is 18.3. The smallest absolute Gasteiger partial charge is 0.380 e. The molecule has 0 bridgehead atoms. The average Bonchev–Trinajstić information content (AvgIpc) is 3.17. The van der Waals surface area contributed by atoms with E-state index in [9.17, 15) is 14.4 Å². The lowest BCUT2D eigenvalue weighted by atomic mass is 10.1. The quantitative estimate of drug-likeness (QED) is 0.731. The van der Waals surface area contributed by atoms with Gasteiger partial charge in [-0.15, -0.1) is 0 Å². The number of aromatic nitrogens is 1. The van der Waals surface area contributed by atoms with Gasteiger partial charge in [0.1, 0.15) is 11.4 Å². The van der Waals surface area contributed by atoms with Crippen molar-refractivity contribution < 1.29 is 24.0 Å². The summed E-state index contributed by atoms with van der Waals surface area (Å²) in [7, 11) is 0. The van der Waals surface area contributed by atoms with Crippen molar-refractivity contribution in [2.45, 2.75) is 6.92 Å². The molecule has 2 heterocycles. The third-order valence-corrected chi connectivity index (χ3v) is 4.06. The minimum absolute atomic E-state index is 0.130. The van der Waals surface area contributed by atoms with Crippen molar-refractivity contribution in [3.63, 3.8) is 0 Å². The molecule has 4 rings (SSSR count). The molecule has 7 nitrogen and oxygen atoms in total. The molecule has 0 saturated heterocycles. The summed E-state index contributed by atoms with van der Waals surface area (Å²) in [5.74, 6) is -1.47. The number of carbonyl (C=O) groups excluding carboxylic acids is 3. The molecule has 0 atom stereocenters. The SMILES string of the molecule is CCOc1ccc2cc(C(=O)ON3C(=O)c4ccccc4C3=O)[nH]c2c1. The van der Waals surface area contributed by atoms with Gasteiger partial charge in [0, 0.05) is 17.0 Å². The molecule has 2 amide bonds. The summed E-state index contributed by atoms with van der Waals surface area (Å²) in [5.41, 5.74) is 1.24. The molecule has 0 aliphatic carbocycles. The summed E-state index contributed by atoms with van der Waals surface area (Å²) in [6.45, 7) is 2.41. The lowest BCUT2D eigenvalue weighted by molar-refractivity contribution is -0.0587. The summed E-state index contributed by atoms with van der Waals surface area (Å²) in [4.78, 5) is 44.9. The van der Waals surface area contributed by atoms with Crippen molar-refractivity contribution in [2.24, 2.45) is 0 Å². The van der Waals surface area contributed by atoms with E-state index in [1.807, 2.05) is 6.92 Å². The number of hydrogen-bond acceptors (Lipinski definition) is 5. The molecule has 7 heteroatoms. The molecule has 1 N–H and O–H groups in total. The second-order valence-corrected chi connectivity index (χ2v) is 5.69. The predicted molar refractivity (Wildman–Crippen MR) is 91.8 cm³/mol. The van der Waals surface area contributed by atoms with Gasteiger partial charge in [0.2, 0.25) is 0 Å². The Balaban J connectivity index is 1.58. The van der Waals surface area contributed by atoms with Crippen LogP contribution >= 0.6 is 0 Å². The highest BCUT2D eigenvalue weighted by molar-refractivity contribution is 6.21. The van der Waals surface area contributed by atoms with Gasteiger partial charge in [-0.3, -0.25) is 9.59 Å². The van der Waals surface area contributed by atoms with Gasteiger partial charge in [-0.1, -0.05) is 17.2 Å². The number of fused-ring (bicyclic) bond motifs is 2. The monoisotopic (exact) mass is 350 g/mol. The number of ether oxygens (including phenoxy) is 1. The van der Waals surface area contributed by atoms with Crippen LogP contribution in [0.3, 0.4) is 0 Å². The molecule has 0 saturated carbocycles. The van der Waals surface area contributed by atoms with Crippen LogP contribution in [0.4, 0.5) is 0 Å². The Hall–Kier alpha value is -3.61. The second kappa shape index (κ2) is 6.03. The molecule has 0 spiro atoms. The molecular weight excluding hydrogens is 336 g/mol. The number of hydroxylamine groups is 2. The van der Waals surface area contributed by atoms with Crippen LogP contribution < -0.4 is 4.74 Å². The molecule has 1 aliphatic heterocycles. The van der Waals surface area contributed by atoms with Crippen LogP contribution in [0, 0.1) is 0 Å². The van der Waals surface area contributed by atoms with Gasteiger partial charge in [-0.25, -0.2) is 4.79 Å². The molecule has 0 radical (unpaired) electrons. The lowest BCUT2D eigenvalue weighted by Crippen LogP contribution is -2.32. The molecule has 1 aromatic heterocycles. The van der Waals surface area contributed by atoms with Crippen molar-refractivity contribution in [3.8, 4) is 5.75 Å². The number of amides is 2. The zero-order valence-electron chi connectivity index (χ0n) is 13.8. The van der Waals surface area contributed by atoms with Gasteiger partial charge >= 0.3 is 5.97 Å². The van der Waals surface area contributed by atoms with Gasteiger partial charge in [-0.2, -0.15) is 0 Å². The number of carbonyl (C=O) groups is 3. The number of H-pyrrole nitrogens is 1. The standard InChI is InChI=1S/C19H14N2O5/c1-2-25-12-8-7-11-9-16(20-15(11)10-12)19(24)26-21-17(22)13-5-3-4-6-14(13)18(21)23/h3-10,20H,2H2,1H3. The summed E-state index contributed by atoms with van der Waals surface area (Å²) in [5, 5.41) is 1.27. The van der Waals surface area contributed by atoms with Gasteiger partial charge in [0.05, 0.1) is 17.7 Å². The van der Waals surface area contributed by atoms with Gasteiger partial charge < -0.3 is 14.6 Å². The van der Waals surface area contributed by atoms with Gasteiger partial charge in [0.15, 0.2) is 0 Å². The van der Waals surface area contributed by atoms with Crippen molar-refractivity contribution in [2.75, 3.05) is 6.61 Å². The van der Waals surface area contributed by atoms with E-state index in [4.69, 9.17) is 9.57 Å². The average molecular weight is 350 g/mol. The van der Waals surface area contributed by atoms with Crippen LogP contribution in [0.15, 0.2) is 48.5 Å². The Labute approximate surface area is 148 Å². The molecule has 130 valence electrons. The predicted octanol–water partition coefficient (Wildman–Crippen LogP) is 2.93. The number of imide groups is 1. The maximum absolute atomic E-state index is 12.4. The summed E-state index contributed by atoms with van der Waals surface area (Å²) >= 11 is 0. The highest BCUT2D eigenvalue weighted by atomic mass is 16.7. The van der Waals surface area contributed by atoms with Gasteiger partial charge in [-0.05, 0) is 37.3 Å². The number of hydrogen-bond donors (Lipinski definition) is 1. The first kappa shape index (κ1) is 15.9.